The third kappa shape index (κ3) is 2.65. The number of hydrogen-bond acceptors (Lipinski definition) is 3. The van der Waals surface area contributed by atoms with Crippen LogP contribution in [0.4, 0.5) is 5.69 Å². The number of carbonyl (C=O) groups excluding carboxylic acids is 1. The van der Waals surface area contributed by atoms with Crippen LogP contribution in [-0.4, -0.2) is 18.6 Å². The van der Waals surface area contributed by atoms with Crippen molar-refractivity contribution < 1.29 is 9.53 Å². The Balaban J connectivity index is 1.46. The van der Waals surface area contributed by atoms with E-state index in [1.807, 2.05) is 48.5 Å². The number of nitrogens with zero attached hydrogens (tertiary/aromatic N) is 1. The van der Waals surface area contributed by atoms with Crippen molar-refractivity contribution in [3.63, 3.8) is 0 Å². The van der Waals surface area contributed by atoms with Gasteiger partial charge in [0.25, 0.3) is 0 Å². The Kier molecular flexibility index (Phi) is 4.09. The smallest absolute Gasteiger partial charge is 0.211 e. The van der Waals surface area contributed by atoms with E-state index in [1.54, 1.807) is 0 Å². The fourth-order valence-electron chi connectivity index (χ4n) is 5.48. The first-order chi connectivity index (χ1) is 15.9. The van der Waals surface area contributed by atoms with Gasteiger partial charge in [0.05, 0.1) is 11.1 Å². The molecule has 4 aromatic carbocycles. The van der Waals surface area contributed by atoms with Crippen molar-refractivity contribution in [3.05, 3.63) is 113 Å². The number of likely N-dealkylation sites (N-methyl/N-ethyl adjacent to an activating group) is 1. The molecule has 0 radical (unpaired) electrons. The monoisotopic (exact) mass is 431 g/mol. The molecule has 0 fully saturated rings. The third-order valence-corrected chi connectivity index (χ3v) is 7.37. The summed E-state index contributed by atoms with van der Waals surface area (Å²) in [6.07, 6.45) is 4.30. The third-order valence-electron chi connectivity index (χ3n) is 7.37. The molecule has 4 aromatic rings. The maximum Gasteiger partial charge on any atom is 0.211 e. The first-order valence-electron chi connectivity index (χ1n) is 11.3. The normalized spacial score (nSPS) is 19.9. The molecule has 0 aromatic heterocycles. The van der Waals surface area contributed by atoms with Gasteiger partial charge in [0.1, 0.15) is 5.75 Å². The highest BCUT2D eigenvalue weighted by atomic mass is 16.5. The number of ether oxygens (including phenoxy) is 1. The lowest BCUT2D eigenvalue weighted by Gasteiger charge is -2.45. The van der Waals surface area contributed by atoms with E-state index in [-0.39, 0.29) is 11.2 Å². The van der Waals surface area contributed by atoms with Crippen LogP contribution in [0.1, 0.15) is 40.9 Å². The van der Waals surface area contributed by atoms with Crippen molar-refractivity contribution in [2.75, 3.05) is 11.9 Å². The lowest BCUT2D eigenvalue weighted by Crippen LogP contribution is -2.58. The van der Waals surface area contributed by atoms with Crippen LogP contribution in [0, 0.1) is 0 Å². The quantitative estimate of drug-likeness (QED) is 0.335. The summed E-state index contributed by atoms with van der Waals surface area (Å²) in [6, 6.07) is 28.0. The second kappa shape index (κ2) is 6.82. The lowest BCUT2D eigenvalue weighted by molar-refractivity contribution is 0.0581. The molecule has 2 aliphatic rings. The van der Waals surface area contributed by atoms with Crippen LogP contribution in [0.5, 0.6) is 5.75 Å². The number of carbonyl (C=O) groups is 1. The van der Waals surface area contributed by atoms with Gasteiger partial charge in [-0.25, -0.2) is 0 Å². The highest BCUT2D eigenvalue weighted by Crippen LogP contribution is 2.56. The van der Waals surface area contributed by atoms with E-state index >= 15 is 0 Å². The Labute approximate surface area is 193 Å². The Morgan fingerprint density at radius 3 is 2.42 bits per heavy atom. The predicted molar refractivity (Wildman–Crippen MR) is 134 cm³/mol. The minimum Gasteiger partial charge on any atom is -0.463 e. The van der Waals surface area contributed by atoms with Crippen LogP contribution in [0.2, 0.25) is 0 Å². The maximum atomic E-state index is 13.1. The van der Waals surface area contributed by atoms with Gasteiger partial charge >= 0.3 is 0 Å². The van der Waals surface area contributed by atoms with Crippen molar-refractivity contribution >= 4 is 28.3 Å². The number of benzene rings is 4. The lowest BCUT2D eigenvalue weighted by atomic mass is 9.76. The van der Waals surface area contributed by atoms with E-state index in [1.165, 1.54) is 22.0 Å². The van der Waals surface area contributed by atoms with Gasteiger partial charge in [-0.2, -0.15) is 0 Å². The molecule has 33 heavy (non-hydrogen) atoms. The van der Waals surface area contributed by atoms with Crippen LogP contribution < -0.4 is 9.64 Å². The highest BCUT2D eigenvalue weighted by molar-refractivity contribution is 6.09. The zero-order valence-corrected chi connectivity index (χ0v) is 19.0. The second-order valence-electron chi connectivity index (χ2n) is 9.45. The SMILES string of the molecule is CN1c2c(ccc3ccccc23)C(C)(C)C12C=Cc1ccc(C(=O)c3ccccc3)cc1O2. The molecule has 0 aliphatic carbocycles. The maximum absolute atomic E-state index is 13.1. The van der Waals surface area contributed by atoms with Gasteiger partial charge in [-0.15, -0.1) is 0 Å². The zero-order valence-electron chi connectivity index (χ0n) is 19.0. The zero-order chi connectivity index (χ0) is 22.8. The average molecular weight is 432 g/mol. The summed E-state index contributed by atoms with van der Waals surface area (Å²) in [4.78, 5) is 15.3. The molecule has 162 valence electrons. The molecule has 1 spiro atoms. The molecule has 3 heteroatoms. The minimum absolute atomic E-state index is 0.00100. The summed E-state index contributed by atoms with van der Waals surface area (Å²) in [5, 5.41) is 2.44. The molecule has 2 heterocycles. The number of hydrogen-bond donors (Lipinski definition) is 0. The first-order valence-corrected chi connectivity index (χ1v) is 11.3. The van der Waals surface area contributed by atoms with Gasteiger partial charge in [-0.05, 0) is 43.0 Å². The fourth-order valence-corrected chi connectivity index (χ4v) is 5.48. The van der Waals surface area contributed by atoms with Crippen molar-refractivity contribution in [1.82, 2.24) is 0 Å². The van der Waals surface area contributed by atoms with E-state index in [9.17, 15) is 4.79 Å². The van der Waals surface area contributed by atoms with E-state index < -0.39 is 5.72 Å². The molecule has 2 aliphatic heterocycles. The topological polar surface area (TPSA) is 29.5 Å². The molecule has 0 bridgehead atoms. The number of rotatable bonds is 2. The molecule has 1 atom stereocenters. The minimum atomic E-state index is -0.694. The van der Waals surface area contributed by atoms with Crippen molar-refractivity contribution in [2.45, 2.75) is 25.0 Å². The molecule has 0 N–H and O–H groups in total. The van der Waals surface area contributed by atoms with E-state index in [0.717, 1.165) is 11.3 Å². The standard InChI is InChI=1S/C30H25NO2/c1-29(2)25-16-15-20-9-7-8-12-24(20)27(25)31(3)30(29)18-17-21-13-14-23(19-26(21)33-30)28(32)22-10-5-4-6-11-22/h4-19H,1-3H3. The Morgan fingerprint density at radius 2 is 1.61 bits per heavy atom. The van der Waals surface area contributed by atoms with Gasteiger partial charge < -0.3 is 9.64 Å². The molecular weight excluding hydrogens is 406 g/mol. The molecule has 0 saturated heterocycles. The predicted octanol–water partition coefficient (Wildman–Crippen LogP) is 6.60. The van der Waals surface area contributed by atoms with Crippen LogP contribution in [0.25, 0.3) is 16.8 Å². The molecule has 0 amide bonds. The van der Waals surface area contributed by atoms with E-state index in [4.69, 9.17) is 4.74 Å². The van der Waals surface area contributed by atoms with Gasteiger partial charge in [0.15, 0.2) is 5.78 Å². The van der Waals surface area contributed by atoms with Crippen molar-refractivity contribution in [1.29, 1.82) is 0 Å². The second-order valence-corrected chi connectivity index (χ2v) is 9.45. The summed E-state index contributed by atoms with van der Waals surface area (Å²) in [7, 11) is 2.11. The summed E-state index contributed by atoms with van der Waals surface area (Å²) >= 11 is 0. The molecule has 3 nitrogen and oxygen atoms in total. The van der Waals surface area contributed by atoms with Gasteiger partial charge in [0.2, 0.25) is 5.72 Å². The molecular formula is C30H25NO2. The Morgan fingerprint density at radius 1 is 0.848 bits per heavy atom. The number of fused-ring (bicyclic) bond motifs is 4. The Bertz CT molecular complexity index is 1450. The fraction of sp³-hybridized carbons (Fsp3) is 0.167. The summed E-state index contributed by atoms with van der Waals surface area (Å²) < 4.78 is 6.85. The van der Waals surface area contributed by atoms with Crippen molar-refractivity contribution in [2.24, 2.45) is 0 Å². The van der Waals surface area contributed by atoms with Gasteiger partial charge in [0, 0.05) is 29.1 Å². The summed E-state index contributed by atoms with van der Waals surface area (Å²) in [5.41, 5.74) is 3.74. The molecule has 6 rings (SSSR count). The van der Waals surface area contributed by atoms with Gasteiger partial charge in [-0.3, -0.25) is 4.79 Å². The average Bonchev–Trinajstić information content (AvgIpc) is 3.01. The van der Waals surface area contributed by atoms with Crippen molar-refractivity contribution in [3.8, 4) is 5.75 Å². The highest BCUT2D eigenvalue weighted by Gasteiger charge is 2.58. The molecule has 0 saturated carbocycles. The molecule has 1 unspecified atom stereocenters. The van der Waals surface area contributed by atoms with Crippen LogP contribution in [-0.2, 0) is 5.41 Å². The number of anilines is 1. The number of ketones is 1. The van der Waals surface area contributed by atoms with E-state index in [0.29, 0.717) is 11.1 Å². The summed E-state index contributed by atoms with van der Waals surface area (Å²) in [6.45, 7) is 4.47. The van der Waals surface area contributed by atoms with Crippen LogP contribution in [0.3, 0.4) is 0 Å². The van der Waals surface area contributed by atoms with Gasteiger partial charge in [-0.1, -0.05) is 78.9 Å². The Hall–Kier alpha value is -3.85. The van der Waals surface area contributed by atoms with Crippen LogP contribution in [0.15, 0.2) is 91.0 Å². The van der Waals surface area contributed by atoms with Crippen LogP contribution >= 0.6 is 0 Å². The largest absolute Gasteiger partial charge is 0.463 e. The van der Waals surface area contributed by atoms with E-state index in [2.05, 4.69) is 74.3 Å². The summed E-state index contributed by atoms with van der Waals surface area (Å²) in [5.74, 6) is 0.732. The first kappa shape index (κ1) is 19.8.